The summed E-state index contributed by atoms with van der Waals surface area (Å²) in [5.41, 5.74) is 1.89. The second kappa shape index (κ2) is 15.4. The van der Waals surface area contributed by atoms with Gasteiger partial charge in [0, 0.05) is 38.3 Å². The number of nitrogens with one attached hydrogen (secondary N) is 1. The molecule has 1 heterocycles. The molecule has 7 nitrogen and oxygen atoms in total. The largest absolute Gasteiger partial charge is 0.467 e. The highest BCUT2D eigenvalue weighted by Gasteiger charge is 2.20. The van der Waals surface area contributed by atoms with Crippen LogP contribution < -0.4 is 19.9 Å². The third-order valence-corrected chi connectivity index (χ3v) is 6.46. The van der Waals surface area contributed by atoms with Gasteiger partial charge in [0.25, 0.3) is 0 Å². The quantitative estimate of drug-likeness (QED) is 0.181. The van der Waals surface area contributed by atoms with Gasteiger partial charge in [-0.2, -0.15) is 9.97 Å². The Bertz CT molecular complexity index is 862. The maximum Gasteiger partial charge on any atom is 0.319 e. The van der Waals surface area contributed by atoms with Gasteiger partial charge >= 0.3 is 6.01 Å². The molecule has 0 aliphatic carbocycles. The highest BCUT2D eigenvalue weighted by Crippen LogP contribution is 2.34. The summed E-state index contributed by atoms with van der Waals surface area (Å²) >= 11 is 1.48. The number of unbranched alkanes of at least 4 members (excludes halogenated alkanes) is 3. The molecule has 34 heavy (non-hydrogen) atoms. The molecular weight excluding hydrogens is 446 g/mol. The van der Waals surface area contributed by atoms with Gasteiger partial charge in [-0.3, -0.25) is 4.79 Å². The van der Waals surface area contributed by atoms with Crippen molar-refractivity contribution in [1.29, 1.82) is 0 Å². The molecule has 0 bridgehead atoms. The molecule has 0 saturated heterocycles. The average Bonchev–Trinajstić information content (AvgIpc) is 2.87. The van der Waals surface area contributed by atoms with E-state index in [2.05, 4.69) is 70.1 Å². The van der Waals surface area contributed by atoms with Gasteiger partial charge in [-0.1, -0.05) is 44.4 Å². The lowest BCUT2D eigenvalue weighted by atomic mass is 10.1. The van der Waals surface area contributed by atoms with Crippen LogP contribution in [-0.4, -0.2) is 55.4 Å². The monoisotopic (exact) mass is 487 g/mol. The number of methoxy groups -OCH3 is 1. The van der Waals surface area contributed by atoms with Crippen LogP contribution in [0.5, 0.6) is 6.01 Å². The lowest BCUT2D eigenvalue weighted by Gasteiger charge is -2.25. The van der Waals surface area contributed by atoms with Crippen molar-refractivity contribution in [1.82, 2.24) is 9.97 Å². The molecule has 1 amide bonds. The van der Waals surface area contributed by atoms with Gasteiger partial charge in [-0.05, 0) is 45.1 Å². The van der Waals surface area contributed by atoms with Crippen LogP contribution in [0.4, 0.5) is 17.2 Å². The van der Waals surface area contributed by atoms with E-state index in [0.717, 1.165) is 32.6 Å². The van der Waals surface area contributed by atoms with E-state index in [1.165, 1.54) is 43.1 Å². The Kier molecular flexibility index (Phi) is 12.6. The zero-order valence-electron chi connectivity index (χ0n) is 21.5. The number of nitrogens with zero attached hydrogens (tertiary/aromatic N) is 4. The summed E-state index contributed by atoms with van der Waals surface area (Å²) in [4.78, 5) is 26.5. The minimum absolute atomic E-state index is 0.0172. The van der Waals surface area contributed by atoms with Crippen LogP contribution in [0.1, 0.15) is 59.3 Å². The van der Waals surface area contributed by atoms with Crippen molar-refractivity contribution in [2.45, 2.75) is 64.3 Å². The van der Waals surface area contributed by atoms with E-state index in [1.807, 2.05) is 12.3 Å². The Hall–Kier alpha value is -2.48. The average molecular weight is 488 g/mol. The number of ether oxygens (including phenoxy) is 1. The van der Waals surface area contributed by atoms with Crippen molar-refractivity contribution < 1.29 is 9.53 Å². The zero-order chi connectivity index (χ0) is 24.8. The van der Waals surface area contributed by atoms with Gasteiger partial charge in [0.15, 0.2) is 5.82 Å². The van der Waals surface area contributed by atoms with Crippen LogP contribution in [0.25, 0.3) is 0 Å². The molecule has 1 N–H and O–H groups in total. The molecule has 0 saturated carbocycles. The van der Waals surface area contributed by atoms with E-state index >= 15 is 0 Å². The minimum atomic E-state index is -0.0172. The predicted octanol–water partition coefficient (Wildman–Crippen LogP) is 5.86. The Morgan fingerprint density at radius 2 is 1.68 bits per heavy atom. The minimum Gasteiger partial charge on any atom is -0.467 e. The maximum absolute atomic E-state index is 13.0. The van der Waals surface area contributed by atoms with E-state index in [9.17, 15) is 4.79 Å². The summed E-state index contributed by atoms with van der Waals surface area (Å²) in [6, 6.07) is 10.8. The first kappa shape index (κ1) is 27.8. The van der Waals surface area contributed by atoms with Gasteiger partial charge < -0.3 is 19.9 Å². The number of carbonyl (C=O) groups excluding carboxylic acids is 1. The van der Waals surface area contributed by atoms with Crippen LogP contribution in [0.15, 0.2) is 35.4 Å². The number of benzene rings is 1. The summed E-state index contributed by atoms with van der Waals surface area (Å²) in [7, 11) is 1.56. The molecule has 0 unspecified atom stereocenters. The van der Waals surface area contributed by atoms with E-state index < -0.39 is 0 Å². The number of aromatic nitrogens is 2. The molecule has 0 fully saturated rings. The van der Waals surface area contributed by atoms with E-state index in [1.54, 1.807) is 7.11 Å². The zero-order valence-corrected chi connectivity index (χ0v) is 22.3. The number of para-hydroxylation sites is 1. The second-order valence-electron chi connectivity index (χ2n) is 8.13. The van der Waals surface area contributed by atoms with E-state index in [4.69, 9.17) is 4.74 Å². The second-order valence-corrected chi connectivity index (χ2v) is 8.92. The fraction of sp³-hybridized carbons (Fsp3) is 0.577. The molecule has 0 aliphatic heterocycles. The molecule has 0 atom stereocenters. The molecule has 0 radical (unpaired) electrons. The third kappa shape index (κ3) is 8.38. The van der Waals surface area contributed by atoms with E-state index in [-0.39, 0.29) is 5.91 Å². The molecule has 0 aliphatic rings. The van der Waals surface area contributed by atoms with Crippen LogP contribution in [0.3, 0.4) is 0 Å². The van der Waals surface area contributed by atoms with Crippen LogP contribution in [0.2, 0.25) is 0 Å². The van der Waals surface area contributed by atoms with Crippen LogP contribution in [-0.2, 0) is 4.79 Å². The third-order valence-electron chi connectivity index (χ3n) is 5.77. The van der Waals surface area contributed by atoms with Gasteiger partial charge in [0.1, 0.15) is 10.7 Å². The van der Waals surface area contributed by atoms with Gasteiger partial charge in [-0.15, -0.1) is 11.8 Å². The highest BCUT2D eigenvalue weighted by atomic mass is 32.2. The maximum atomic E-state index is 13.0. The fourth-order valence-corrected chi connectivity index (χ4v) is 4.40. The molecule has 188 valence electrons. The van der Waals surface area contributed by atoms with Crippen molar-refractivity contribution in [2.24, 2.45) is 0 Å². The first-order valence-corrected chi connectivity index (χ1v) is 13.6. The number of thioether (sulfide) groups is 1. The molecule has 2 rings (SSSR count). The summed E-state index contributed by atoms with van der Waals surface area (Å²) in [6.45, 7) is 9.79. The van der Waals surface area contributed by atoms with Crippen LogP contribution in [0, 0.1) is 0 Å². The first-order chi connectivity index (χ1) is 16.6. The first-order valence-electron chi connectivity index (χ1n) is 12.4. The van der Waals surface area contributed by atoms with Crippen molar-refractivity contribution in [3.05, 3.63) is 30.3 Å². The SMILES string of the molecule is CCCCCCN(CCCC(=O)Nc1c(SC)nc(OC)nc1N(CC)CC)c1ccccc1. The summed E-state index contributed by atoms with van der Waals surface area (Å²) < 4.78 is 5.30. The summed E-state index contributed by atoms with van der Waals surface area (Å²) in [5, 5.41) is 3.82. The number of carbonyl (C=O) groups is 1. The Morgan fingerprint density at radius 1 is 0.971 bits per heavy atom. The summed E-state index contributed by atoms with van der Waals surface area (Å²) in [6.07, 6.45) is 8.07. The number of hydrogen-bond acceptors (Lipinski definition) is 7. The number of anilines is 3. The lowest BCUT2D eigenvalue weighted by Crippen LogP contribution is -2.28. The molecule has 2 aromatic rings. The Balaban J connectivity index is 2.06. The number of amides is 1. The van der Waals surface area contributed by atoms with Crippen molar-refractivity contribution >= 4 is 34.9 Å². The van der Waals surface area contributed by atoms with Gasteiger partial charge in [-0.25, -0.2) is 0 Å². The Labute approximate surface area is 209 Å². The normalized spacial score (nSPS) is 10.7. The number of rotatable bonds is 16. The standard InChI is InChI=1S/C26H41N5O2S/c1-6-9-10-14-19-31(21-16-12-11-13-17-21)20-15-18-22(32)27-23-24(30(7-2)8-3)28-26(33-4)29-25(23)34-5/h11-13,16-17H,6-10,14-15,18-20H2,1-5H3,(H,27,32). The fourth-order valence-electron chi connectivity index (χ4n) is 3.88. The van der Waals surface area contributed by atoms with Gasteiger partial charge in [0.05, 0.1) is 7.11 Å². The highest BCUT2D eigenvalue weighted by molar-refractivity contribution is 7.98. The predicted molar refractivity (Wildman–Crippen MR) is 145 cm³/mol. The lowest BCUT2D eigenvalue weighted by molar-refractivity contribution is -0.116. The molecule has 0 spiro atoms. The topological polar surface area (TPSA) is 70.6 Å². The van der Waals surface area contributed by atoms with E-state index in [0.29, 0.717) is 29.0 Å². The molecule has 1 aromatic heterocycles. The number of hydrogen-bond donors (Lipinski definition) is 1. The smallest absolute Gasteiger partial charge is 0.319 e. The Morgan fingerprint density at radius 3 is 2.29 bits per heavy atom. The molecule has 1 aromatic carbocycles. The van der Waals surface area contributed by atoms with Crippen LogP contribution >= 0.6 is 11.8 Å². The van der Waals surface area contributed by atoms with Crippen molar-refractivity contribution in [2.75, 3.05) is 54.7 Å². The molecule has 8 heteroatoms. The van der Waals surface area contributed by atoms with Gasteiger partial charge in [0.2, 0.25) is 5.91 Å². The van der Waals surface area contributed by atoms with Crippen molar-refractivity contribution in [3.63, 3.8) is 0 Å². The summed E-state index contributed by atoms with van der Waals surface area (Å²) in [5.74, 6) is 0.688. The molecular formula is C26H41N5O2S. The van der Waals surface area contributed by atoms with Crippen molar-refractivity contribution in [3.8, 4) is 6.01 Å².